The van der Waals surface area contributed by atoms with E-state index in [2.05, 4.69) is 4.72 Å². The van der Waals surface area contributed by atoms with Gasteiger partial charge in [-0.1, -0.05) is 48.0 Å². The van der Waals surface area contributed by atoms with Crippen LogP contribution in [0.2, 0.25) is 5.02 Å². The van der Waals surface area contributed by atoms with Crippen molar-refractivity contribution in [3.63, 3.8) is 0 Å². The molecule has 0 aliphatic carbocycles. The van der Waals surface area contributed by atoms with E-state index in [-0.39, 0.29) is 18.1 Å². The second-order valence-corrected chi connectivity index (χ2v) is 10.7. The maximum Gasteiger partial charge on any atom is 0.302 e. The van der Waals surface area contributed by atoms with Crippen LogP contribution in [-0.4, -0.2) is 37.0 Å². The van der Waals surface area contributed by atoms with Crippen LogP contribution < -0.4 is 4.72 Å². The van der Waals surface area contributed by atoms with E-state index in [9.17, 15) is 18.0 Å². The van der Waals surface area contributed by atoms with Gasteiger partial charge in [-0.25, -0.2) is 0 Å². The molecule has 1 N–H and O–H groups in total. The summed E-state index contributed by atoms with van der Waals surface area (Å²) in [6.07, 6.45) is 3.59. The van der Waals surface area contributed by atoms with Crippen molar-refractivity contribution in [1.29, 1.82) is 0 Å². The molecule has 0 saturated carbocycles. The molecule has 0 aromatic heterocycles. The summed E-state index contributed by atoms with van der Waals surface area (Å²) in [6, 6.07) is 11.2. The van der Waals surface area contributed by atoms with Gasteiger partial charge in [0.1, 0.15) is 6.10 Å². The molecule has 0 bridgehead atoms. The molecular weight excluding hydrogens is 476 g/mol. The fourth-order valence-corrected chi connectivity index (χ4v) is 5.79. The van der Waals surface area contributed by atoms with Crippen LogP contribution in [0, 0.1) is 6.92 Å². The second-order valence-electron chi connectivity index (χ2n) is 8.68. The van der Waals surface area contributed by atoms with Gasteiger partial charge < -0.3 is 4.74 Å². The molecule has 0 amide bonds. The van der Waals surface area contributed by atoms with Gasteiger partial charge >= 0.3 is 10.2 Å². The number of aryl methyl sites for hydroxylation is 1. The average molecular weight is 503 g/mol. The van der Waals surface area contributed by atoms with Crippen LogP contribution in [0.15, 0.2) is 54.2 Å². The highest BCUT2D eigenvalue weighted by Crippen LogP contribution is 2.34. The molecule has 2 heterocycles. The number of hydrogen-bond acceptors (Lipinski definition) is 5. The summed E-state index contributed by atoms with van der Waals surface area (Å²) in [5.41, 5.74) is 2.95. The van der Waals surface area contributed by atoms with Gasteiger partial charge in [0.05, 0.1) is 12.6 Å². The van der Waals surface area contributed by atoms with E-state index in [4.69, 9.17) is 16.3 Å². The standard InChI is InChI=1S/C25H27ClN2O5S/c1-16-6-11-20(22(26)13-16)24-21(17(2)29)15-28(34(31,32)27-24)14-18-7-9-19(10-8-18)25(30)23-5-3-4-12-33-23/h6-11,13,15,23-24,27H,3-5,12,14H2,1-2H3. The molecule has 7 nitrogen and oxygen atoms in total. The molecule has 1 fully saturated rings. The van der Waals surface area contributed by atoms with Crippen LogP contribution in [0.4, 0.5) is 0 Å². The van der Waals surface area contributed by atoms with Crippen LogP contribution in [0.5, 0.6) is 0 Å². The Morgan fingerprint density at radius 3 is 2.50 bits per heavy atom. The lowest BCUT2D eigenvalue weighted by Crippen LogP contribution is -2.45. The Balaban J connectivity index is 1.57. The molecule has 2 atom stereocenters. The summed E-state index contributed by atoms with van der Waals surface area (Å²) in [5.74, 6) is -0.322. The third-order valence-electron chi connectivity index (χ3n) is 6.09. The molecule has 2 aliphatic heterocycles. The van der Waals surface area contributed by atoms with Gasteiger partial charge in [0, 0.05) is 29.0 Å². The Morgan fingerprint density at radius 2 is 1.88 bits per heavy atom. The smallest absolute Gasteiger partial charge is 0.302 e. The minimum Gasteiger partial charge on any atom is -0.370 e. The van der Waals surface area contributed by atoms with Crippen LogP contribution in [0.1, 0.15) is 59.3 Å². The van der Waals surface area contributed by atoms with Gasteiger partial charge in [0.15, 0.2) is 11.6 Å². The lowest BCUT2D eigenvalue weighted by Gasteiger charge is -2.32. The highest BCUT2D eigenvalue weighted by Gasteiger charge is 2.35. The fraction of sp³-hybridized carbons (Fsp3) is 0.360. The third kappa shape index (κ3) is 5.25. The third-order valence-corrected chi connectivity index (χ3v) is 7.80. The molecule has 180 valence electrons. The molecule has 0 radical (unpaired) electrons. The quantitative estimate of drug-likeness (QED) is 0.596. The number of carbonyl (C=O) groups is 2. The van der Waals surface area contributed by atoms with Crippen molar-refractivity contribution in [3.05, 3.63) is 81.5 Å². The van der Waals surface area contributed by atoms with Gasteiger partial charge in [-0.3, -0.25) is 13.9 Å². The van der Waals surface area contributed by atoms with Gasteiger partial charge in [-0.15, -0.1) is 0 Å². The number of carbonyl (C=O) groups excluding carboxylic acids is 2. The molecule has 4 rings (SSSR count). The minimum atomic E-state index is -3.95. The molecule has 9 heteroatoms. The van der Waals surface area contributed by atoms with Gasteiger partial charge in [0.2, 0.25) is 0 Å². The minimum absolute atomic E-state index is 0.00879. The predicted molar refractivity (Wildman–Crippen MR) is 130 cm³/mol. The van der Waals surface area contributed by atoms with Crippen LogP contribution >= 0.6 is 11.6 Å². The zero-order valence-corrected chi connectivity index (χ0v) is 20.7. The molecule has 2 aromatic rings. The van der Waals surface area contributed by atoms with E-state index in [1.807, 2.05) is 13.0 Å². The zero-order valence-electron chi connectivity index (χ0n) is 19.1. The molecule has 0 spiro atoms. The first kappa shape index (κ1) is 24.6. The number of rotatable bonds is 6. The largest absolute Gasteiger partial charge is 0.370 e. The molecule has 2 aliphatic rings. The maximum absolute atomic E-state index is 13.0. The van der Waals surface area contributed by atoms with Gasteiger partial charge in [-0.2, -0.15) is 13.1 Å². The molecule has 2 unspecified atom stereocenters. The maximum atomic E-state index is 13.0. The van der Waals surface area contributed by atoms with Crippen molar-refractivity contribution in [2.45, 2.75) is 51.8 Å². The summed E-state index contributed by atoms with van der Waals surface area (Å²) in [4.78, 5) is 25.1. The van der Waals surface area contributed by atoms with E-state index >= 15 is 0 Å². The highest BCUT2D eigenvalue weighted by atomic mass is 35.5. The molecule has 34 heavy (non-hydrogen) atoms. The Morgan fingerprint density at radius 1 is 1.15 bits per heavy atom. The Kier molecular flexibility index (Phi) is 7.23. The van der Waals surface area contributed by atoms with Crippen LogP contribution in [0.3, 0.4) is 0 Å². The Labute approximate surface area is 204 Å². The van der Waals surface area contributed by atoms with Crippen molar-refractivity contribution < 1.29 is 22.7 Å². The number of halogens is 1. The van der Waals surface area contributed by atoms with E-state index in [0.29, 0.717) is 40.3 Å². The van der Waals surface area contributed by atoms with Crippen LogP contribution in [-0.2, 0) is 26.3 Å². The SMILES string of the molecule is CC(=O)C1=CN(Cc2ccc(C(=O)C3CCCCO3)cc2)S(=O)(=O)NC1c1ccc(C)cc1Cl. The lowest BCUT2D eigenvalue weighted by molar-refractivity contribution is -0.114. The first-order valence-corrected chi connectivity index (χ1v) is 13.0. The van der Waals surface area contributed by atoms with E-state index < -0.39 is 22.4 Å². The summed E-state index contributed by atoms with van der Waals surface area (Å²) in [6.45, 7) is 3.88. The van der Waals surface area contributed by atoms with Gasteiger partial charge in [0.25, 0.3) is 0 Å². The summed E-state index contributed by atoms with van der Waals surface area (Å²) >= 11 is 6.37. The first-order chi connectivity index (χ1) is 16.2. The fourth-order valence-electron chi connectivity index (χ4n) is 4.19. The monoisotopic (exact) mass is 502 g/mol. The second kappa shape index (κ2) is 10.00. The van der Waals surface area contributed by atoms with E-state index in [0.717, 1.165) is 22.7 Å². The van der Waals surface area contributed by atoms with Crippen molar-refractivity contribution in [1.82, 2.24) is 9.03 Å². The predicted octanol–water partition coefficient (Wildman–Crippen LogP) is 4.26. The normalized spacial score (nSPS) is 22.2. The molecule has 1 saturated heterocycles. The van der Waals surface area contributed by atoms with Crippen molar-refractivity contribution in [2.75, 3.05) is 6.61 Å². The summed E-state index contributed by atoms with van der Waals surface area (Å²) < 4.78 is 35.4. The number of ketones is 2. The van der Waals surface area contributed by atoms with Crippen LogP contribution in [0.25, 0.3) is 0 Å². The number of benzene rings is 2. The van der Waals surface area contributed by atoms with E-state index in [1.165, 1.54) is 13.1 Å². The number of Topliss-reactive ketones (excluding diaryl/α,β-unsaturated/α-hetero) is 2. The van der Waals surface area contributed by atoms with Gasteiger partial charge in [-0.05, 0) is 55.9 Å². The highest BCUT2D eigenvalue weighted by molar-refractivity contribution is 7.87. The summed E-state index contributed by atoms with van der Waals surface area (Å²) in [5, 5.41) is 0.385. The van der Waals surface area contributed by atoms with Crippen molar-refractivity contribution in [3.8, 4) is 0 Å². The Bertz CT molecular complexity index is 1230. The number of ether oxygens (including phenoxy) is 1. The van der Waals surface area contributed by atoms with Crippen molar-refractivity contribution >= 4 is 33.4 Å². The van der Waals surface area contributed by atoms with Crippen molar-refractivity contribution in [2.24, 2.45) is 0 Å². The number of nitrogens with one attached hydrogen (secondary N) is 1. The number of nitrogens with zero attached hydrogens (tertiary/aromatic N) is 1. The Hall–Kier alpha value is -2.52. The molecule has 2 aromatic carbocycles. The molecular formula is C25H27ClN2O5S. The lowest BCUT2D eigenvalue weighted by atomic mass is 9.96. The topological polar surface area (TPSA) is 92.8 Å². The average Bonchev–Trinajstić information content (AvgIpc) is 2.80. The number of hydrogen-bond donors (Lipinski definition) is 1. The summed E-state index contributed by atoms with van der Waals surface area (Å²) in [7, 11) is -3.95. The van der Waals surface area contributed by atoms with E-state index in [1.54, 1.807) is 36.4 Å². The first-order valence-electron chi connectivity index (χ1n) is 11.2. The zero-order chi connectivity index (χ0) is 24.5.